The first-order valence-electron chi connectivity index (χ1n) is 3.86. The molecule has 0 aromatic heterocycles. The van der Waals surface area contributed by atoms with E-state index in [0.29, 0.717) is 12.2 Å². The van der Waals surface area contributed by atoms with Gasteiger partial charge in [0.1, 0.15) is 5.76 Å². The molecule has 0 saturated carbocycles. The van der Waals surface area contributed by atoms with Crippen LogP contribution in [-0.2, 0) is 0 Å². The normalized spacial score (nSPS) is 14.7. The Kier molecular flexibility index (Phi) is 5.30. The largest absolute Gasteiger partial charge is 0.511 e. The van der Waals surface area contributed by atoms with Crippen LogP contribution in [0.25, 0.3) is 0 Å². The molecule has 0 spiro atoms. The molecule has 0 saturated heterocycles. The lowest BCUT2D eigenvalue weighted by Crippen LogP contribution is -1.81. The molecule has 0 atom stereocenters. The van der Waals surface area contributed by atoms with Crippen LogP contribution in [0.2, 0.25) is 0 Å². The Morgan fingerprint density at radius 2 is 1.91 bits per heavy atom. The van der Waals surface area contributed by atoms with Crippen molar-refractivity contribution in [2.45, 2.75) is 33.6 Å². The highest BCUT2D eigenvalue weighted by atomic mass is 79.9. The summed E-state index contributed by atoms with van der Waals surface area (Å²) in [6.45, 7) is 6.06. The van der Waals surface area contributed by atoms with Gasteiger partial charge >= 0.3 is 0 Å². The van der Waals surface area contributed by atoms with E-state index in [0.717, 1.165) is 10.9 Å². The molecule has 2 heteroatoms. The van der Waals surface area contributed by atoms with E-state index in [1.165, 1.54) is 5.57 Å². The van der Waals surface area contributed by atoms with E-state index in [1.54, 1.807) is 0 Å². The van der Waals surface area contributed by atoms with Crippen molar-refractivity contribution < 1.29 is 5.11 Å². The van der Waals surface area contributed by atoms with E-state index in [4.69, 9.17) is 0 Å². The summed E-state index contributed by atoms with van der Waals surface area (Å²) in [6, 6.07) is 0. The molecule has 64 valence electrons. The van der Waals surface area contributed by atoms with Gasteiger partial charge < -0.3 is 5.11 Å². The molecule has 0 amide bonds. The fraction of sp³-hybridized carbons (Fsp3) is 0.556. The van der Waals surface area contributed by atoms with Crippen molar-refractivity contribution in [3.8, 4) is 0 Å². The summed E-state index contributed by atoms with van der Waals surface area (Å²) in [5.41, 5.74) is 1.26. The summed E-state index contributed by atoms with van der Waals surface area (Å²) in [5.74, 6) is 0.415. The van der Waals surface area contributed by atoms with Crippen molar-refractivity contribution in [2.24, 2.45) is 0 Å². The molecule has 0 bridgehead atoms. The third kappa shape index (κ3) is 4.25. The Bertz CT molecular complexity index is 180. The predicted molar refractivity (Wildman–Crippen MR) is 52.9 cm³/mol. The van der Waals surface area contributed by atoms with Crippen LogP contribution in [0.4, 0.5) is 0 Å². The number of allylic oxidation sites excluding steroid dienone is 4. The molecule has 0 radical (unpaired) electrons. The van der Waals surface area contributed by atoms with E-state index in [-0.39, 0.29) is 0 Å². The standard InChI is InChI=1S/C9H15BrO/c1-4-7(3)6-8(10)9(11)5-2/h6,11H,4-5H2,1-3H3/b7-6-,9-8-. The lowest BCUT2D eigenvalue weighted by Gasteiger charge is -1.98. The van der Waals surface area contributed by atoms with Crippen molar-refractivity contribution in [1.29, 1.82) is 0 Å². The SMILES string of the molecule is CC/C(C)=C\C(Br)=C(\O)CC. The van der Waals surface area contributed by atoms with E-state index in [9.17, 15) is 5.11 Å². The quantitative estimate of drug-likeness (QED) is 0.563. The third-order valence-corrected chi connectivity index (χ3v) is 2.23. The number of hydrogen-bond donors (Lipinski definition) is 1. The van der Waals surface area contributed by atoms with Crippen LogP contribution in [0.3, 0.4) is 0 Å². The average Bonchev–Trinajstić information content (AvgIpc) is 2.02. The Morgan fingerprint density at radius 1 is 1.36 bits per heavy atom. The average molecular weight is 219 g/mol. The molecule has 1 N–H and O–H groups in total. The van der Waals surface area contributed by atoms with Crippen LogP contribution < -0.4 is 0 Å². The van der Waals surface area contributed by atoms with Gasteiger partial charge in [-0.3, -0.25) is 0 Å². The number of rotatable bonds is 3. The van der Waals surface area contributed by atoms with Gasteiger partial charge in [0.2, 0.25) is 0 Å². The molecule has 0 aliphatic heterocycles. The minimum absolute atomic E-state index is 0.415. The molecule has 0 rings (SSSR count). The molecule has 0 heterocycles. The number of aliphatic hydroxyl groups excluding tert-OH is 1. The van der Waals surface area contributed by atoms with Crippen LogP contribution in [0.5, 0.6) is 0 Å². The second-order valence-corrected chi connectivity index (χ2v) is 3.35. The van der Waals surface area contributed by atoms with E-state index < -0.39 is 0 Å². The molecule has 0 aromatic rings. The molecule has 0 fully saturated rings. The molecule has 0 aliphatic rings. The summed E-state index contributed by atoms with van der Waals surface area (Å²) in [6.07, 6.45) is 3.65. The second kappa shape index (κ2) is 5.42. The fourth-order valence-electron chi connectivity index (χ4n) is 0.571. The Hall–Kier alpha value is -0.240. The summed E-state index contributed by atoms with van der Waals surface area (Å²) < 4.78 is 0.805. The van der Waals surface area contributed by atoms with E-state index >= 15 is 0 Å². The zero-order valence-corrected chi connectivity index (χ0v) is 8.90. The smallest absolute Gasteiger partial charge is 0.106 e. The van der Waals surface area contributed by atoms with Crippen molar-refractivity contribution >= 4 is 15.9 Å². The Balaban J connectivity index is 4.37. The van der Waals surface area contributed by atoms with Crippen LogP contribution in [-0.4, -0.2) is 5.11 Å². The summed E-state index contributed by atoms with van der Waals surface area (Å²) in [5, 5.41) is 9.26. The van der Waals surface area contributed by atoms with Gasteiger partial charge in [-0.15, -0.1) is 0 Å². The zero-order valence-electron chi connectivity index (χ0n) is 7.32. The van der Waals surface area contributed by atoms with Gasteiger partial charge in [-0.25, -0.2) is 0 Å². The summed E-state index contributed by atoms with van der Waals surface area (Å²) in [7, 11) is 0. The first-order chi connectivity index (χ1) is 5.11. The molecule has 1 nitrogen and oxygen atoms in total. The summed E-state index contributed by atoms with van der Waals surface area (Å²) >= 11 is 3.30. The van der Waals surface area contributed by atoms with Gasteiger partial charge in [0.15, 0.2) is 0 Å². The van der Waals surface area contributed by atoms with Crippen LogP contribution in [0, 0.1) is 0 Å². The second-order valence-electron chi connectivity index (χ2n) is 2.49. The summed E-state index contributed by atoms with van der Waals surface area (Å²) in [4.78, 5) is 0. The van der Waals surface area contributed by atoms with Gasteiger partial charge in [0, 0.05) is 6.42 Å². The first kappa shape index (κ1) is 10.8. The lowest BCUT2D eigenvalue weighted by atomic mass is 10.2. The lowest BCUT2D eigenvalue weighted by molar-refractivity contribution is 0.393. The zero-order chi connectivity index (χ0) is 8.85. The van der Waals surface area contributed by atoms with E-state index in [2.05, 4.69) is 22.9 Å². The number of aliphatic hydroxyl groups is 1. The van der Waals surface area contributed by atoms with Gasteiger partial charge in [0.05, 0.1) is 4.48 Å². The number of hydrogen-bond acceptors (Lipinski definition) is 1. The minimum atomic E-state index is 0.415. The predicted octanol–water partition coefficient (Wildman–Crippen LogP) is 3.92. The van der Waals surface area contributed by atoms with Gasteiger partial charge in [0.25, 0.3) is 0 Å². The van der Waals surface area contributed by atoms with Gasteiger partial charge in [-0.1, -0.05) is 19.4 Å². The topological polar surface area (TPSA) is 20.2 Å². The highest BCUT2D eigenvalue weighted by Crippen LogP contribution is 2.16. The van der Waals surface area contributed by atoms with Gasteiger partial charge in [-0.05, 0) is 35.4 Å². The number of halogens is 1. The van der Waals surface area contributed by atoms with Crippen molar-refractivity contribution in [1.82, 2.24) is 0 Å². The maximum atomic E-state index is 9.26. The van der Waals surface area contributed by atoms with Crippen molar-refractivity contribution in [3.05, 3.63) is 21.9 Å². The van der Waals surface area contributed by atoms with Gasteiger partial charge in [-0.2, -0.15) is 0 Å². The Labute approximate surface area is 76.9 Å². The fourth-order valence-corrected chi connectivity index (χ4v) is 1.24. The van der Waals surface area contributed by atoms with Crippen LogP contribution in [0.15, 0.2) is 21.9 Å². The third-order valence-electron chi connectivity index (χ3n) is 1.54. The van der Waals surface area contributed by atoms with E-state index in [1.807, 2.05) is 19.9 Å². The van der Waals surface area contributed by atoms with Crippen molar-refractivity contribution in [2.75, 3.05) is 0 Å². The minimum Gasteiger partial charge on any atom is -0.511 e. The van der Waals surface area contributed by atoms with Crippen LogP contribution in [0.1, 0.15) is 33.6 Å². The first-order valence-corrected chi connectivity index (χ1v) is 4.65. The molecule has 0 unspecified atom stereocenters. The highest BCUT2D eigenvalue weighted by Gasteiger charge is 1.95. The van der Waals surface area contributed by atoms with Crippen molar-refractivity contribution in [3.63, 3.8) is 0 Å². The molecule has 11 heavy (non-hydrogen) atoms. The highest BCUT2D eigenvalue weighted by molar-refractivity contribution is 9.11. The molecular weight excluding hydrogens is 204 g/mol. The maximum Gasteiger partial charge on any atom is 0.106 e. The maximum absolute atomic E-state index is 9.26. The Morgan fingerprint density at radius 3 is 2.27 bits per heavy atom. The molecular formula is C9H15BrO. The molecule has 0 aromatic carbocycles. The monoisotopic (exact) mass is 218 g/mol. The van der Waals surface area contributed by atoms with Crippen LogP contribution >= 0.6 is 15.9 Å². The molecule has 0 aliphatic carbocycles.